The molecule has 5 amide bonds. The molecule has 2 saturated heterocycles. The van der Waals surface area contributed by atoms with Gasteiger partial charge in [0.1, 0.15) is 11.8 Å². The molecule has 6 rings (SSSR count). The Hall–Kier alpha value is -4.72. The number of anilines is 2. The summed E-state index contributed by atoms with van der Waals surface area (Å²) in [7, 11) is 0. The van der Waals surface area contributed by atoms with Crippen LogP contribution >= 0.6 is 11.6 Å². The minimum Gasteiger partial charge on any atom is -0.506 e. The maximum absolute atomic E-state index is 13.9. The van der Waals surface area contributed by atoms with Gasteiger partial charge in [0.05, 0.1) is 10.6 Å². The number of hydrogen-bond donors (Lipinski definition) is 3. The van der Waals surface area contributed by atoms with Crippen molar-refractivity contribution in [3.8, 4) is 5.75 Å². The van der Waals surface area contributed by atoms with Crippen LogP contribution in [0.4, 0.5) is 34.1 Å². The van der Waals surface area contributed by atoms with E-state index in [-0.39, 0.29) is 24.1 Å². The summed E-state index contributed by atoms with van der Waals surface area (Å²) in [6, 6.07) is 11.3. The Morgan fingerprint density at radius 2 is 1.67 bits per heavy atom. The van der Waals surface area contributed by atoms with Gasteiger partial charge in [0.2, 0.25) is 5.91 Å². The number of rotatable bonds is 6. The van der Waals surface area contributed by atoms with Crippen molar-refractivity contribution in [3.05, 3.63) is 82.6 Å². The van der Waals surface area contributed by atoms with Crippen molar-refractivity contribution in [3.63, 3.8) is 0 Å². The first-order chi connectivity index (χ1) is 23.5. The van der Waals surface area contributed by atoms with Gasteiger partial charge in [-0.3, -0.25) is 9.78 Å². The molecule has 1 atom stereocenters. The van der Waals surface area contributed by atoms with Crippen LogP contribution in [0.1, 0.15) is 29.5 Å². The highest BCUT2D eigenvalue weighted by molar-refractivity contribution is 6.32. The summed E-state index contributed by atoms with van der Waals surface area (Å²) in [5, 5.41) is 15.3. The van der Waals surface area contributed by atoms with E-state index in [2.05, 4.69) is 20.5 Å². The third kappa shape index (κ3) is 7.79. The lowest BCUT2D eigenvalue weighted by Gasteiger charge is -2.39. The van der Waals surface area contributed by atoms with Gasteiger partial charge in [-0.05, 0) is 60.7 Å². The van der Waals surface area contributed by atoms with Crippen LogP contribution in [0.3, 0.4) is 0 Å². The van der Waals surface area contributed by atoms with E-state index < -0.39 is 40.5 Å². The molecule has 11 nitrogen and oxygen atoms in total. The molecule has 0 spiro atoms. The summed E-state index contributed by atoms with van der Waals surface area (Å²) in [6.07, 6.45) is -0.0452. The molecular weight excluding hydrogens is 663 g/mol. The Kier molecular flexibility index (Phi) is 10.0. The third-order valence-corrected chi connectivity index (χ3v) is 9.71. The molecule has 15 heteroatoms. The molecule has 3 aliphatic heterocycles. The average Bonchev–Trinajstić information content (AvgIpc) is 3.27. The standard InChI is InChI=1S/C34H37ClF3N7O4/c35-27-20-22(19-26(30(27)46)34(36,37)38)21-29(31(47)43-17-15-42(16-18-43)24-5-10-39-11-6-24)41-32(48)44-12-8-25(9-13-44)45-14-7-23-3-1-2-4-28(23)40-33(45)49/h1-6,10-11,19-20,25,29,46H,7-9,12-18,21H2,(H,40,49)(H,41,48)/t29-/m1/s1. The first-order valence-corrected chi connectivity index (χ1v) is 16.6. The number of phenolic OH excluding ortho intramolecular Hbond substituents is 1. The van der Waals surface area contributed by atoms with Gasteiger partial charge < -0.3 is 35.3 Å². The fourth-order valence-electron chi connectivity index (χ4n) is 6.74. The molecule has 49 heavy (non-hydrogen) atoms. The molecule has 1 aromatic heterocycles. The lowest BCUT2D eigenvalue weighted by atomic mass is 10.0. The number of piperidine rings is 1. The SMILES string of the molecule is O=C(N[C@H](Cc1cc(Cl)c(O)c(C(F)(F)F)c1)C(=O)N1CCN(c2ccncc2)CC1)N1CCC(N2CCc3ccccc3NC2=O)CC1. The average molecular weight is 700 g/mol. The number of nitrogens with zero attached hydrogens (tertiary/aromatic N) is 5. The van der Waals surface area contributed by atoms with E-state index in [4.69, 9.17) is 11.6 Å². The first-order valence-electron chi connectivity index (χ1n) is 16.2. The Morgan fingerprint density at radius 1 is 0.980 bits per heavy atom. The first kappa shape index (κ1) is 34.2. The number of fused-ring (bicyclic) bond motifs is 1. The van der Waals surface area contributed by atoms with Gasteiger partial charge in [0.25, 0.3) is 0 Å². The molecule has 0 saturated carbocycles. The van der Waals surface area contributed by atoms with Crippen LogP contribution in [-0.2, 0) is 23.8 Å². The smallest absolute Gasteiger partial charge is 0.420 e. The maximum Gasteiger partial charge on any atom is 0.420 e. The van der Waals surface area contributed by atoms with Crippen LogP contribution in [0, 0.1) is 0 Å². The minimum absolute atomic E-state index is 0.0380. The van der Waals surface area contributed by atoms with E-state index in [1.54, 1.807) is 27.1 Å². The Bertz CT molecular complexity index is 1680. The molecule has 3 aromatic rings. The number of phenols is 1. The summed E-state index contributed by atoms with van der Waals surface area (Å²) in [6.45, 7) is 2.89. The lowest BCUT2D eigenvalue weighted by Crippen LogP contribution is -2.58. The van der Waals surface area contributed by atoms with E-state index >= 15 is 0 Å². The highest BCUT2D eigenvalue weighted by Gasteiger charge is 2.37. The lowest BCUT2D eigenvalue weighted by molar-refractivity contribution is -0.138. The van der Waals surface area contributed by atoms with Crippen LogP contribution in [0.5, 0.6) is 5.75 Å². The summed E-state index contributed by atoms with van der Waals surface area (Å²) in [5.41, 5.74) is 1.52. The molecule has 0 radical (unpaired) electrons. The number of para-hydroxylation sites is 1. The third-order valence-electron chi connectivity index (χ3n) is 9.42. The van der Waals surface area contributed by atoms with Gasteiger partial charge in [-0.1, -0.05) is 29.8 Å². The van der Waals surface area contributed by atoms with Crippen LogP contribution in [0.15, 0.2) is 60.9 Å². The summed E-state index contributed by atoms with van der Waals surface area (Å²) < 4.78 is 41.1. The number of aromatic hydroxyl groups is 1. The quantitative estimate of drug-likeness (QED) is 0.334. The molecule has 260 valence electrons. The number of likely N-dealkylation sites (tertiary alicyclic amines) is 1. The number of amides is 5. The number of pyridine rings is 1. The van der Waals surface area contributed by atoms with E-state index in [1.165, 1.54) is 6.07 Å². The van der Waals surface area contributed by atoms with Gasteiger partial charge in [-0.2, -0.15) is 13.2 Å². The number of halogens is 4. The summed E-state index contributed by atoms with van der Waals surface area (Å²) in [4.78, 5) is 51.7. The van der Waals surface area contributed by atoms with E-state index in [0.29, 0.717) is 65.1 Å². The number of urea groups is 2. The number of carbonyl (C=O) groups excluding carboxylic acids is 3. The molecular formula is C34H37ClF3N7O4. The van der Waals surface area contributed by atoms with Gasteiger partial charge in [0.15, 0.2) is 0 Å². The number of hydrogen-bond acceptors (Lipinski definition) is 6. The fourth-order valence-corrected chi connectivity index (χ4v) is 6.99. The highest BCUT2D eigenvalue weighted by atomic mass is 35.5. The van der Waals surface area contributed by atoms with Crippen LogP contribution in [0.25, 0.3) is 0 Å². The van der Waals surface area contributed by atoms with Gasteiger partial charge in [-0.15, -0.1) is 0 Å². The monoisotopic (exact) mass is 699 g/mol. The predicted octanol–water partition coefficient (Wildman–Crippen LogP) is 4.98. The van der Waals surface area contributed by atoms with Crippen molar-refractivity contribution >= 4 is 40.9 Å². The molecule has 0 aliphatic carbocycles. The van der Waals surface area contributed by atoms with Crippen LogP contribution < -0.4 is 15.5 Å². The van der Waals surface area contributed by atoms with Crippen molar-refractivity contribution in [2.45, 2.75) is 43.9 Å². The number of aromatic nitrogens is 1. The van der Waals surface area contributed by atoms with Crippen molar-refractivity contribution in [2.24, 2.45) is 0 Å². The maximum atomic E-state index is 13.9. The summed E-state index contributed by atoms with van der Waals surface area (Å²) in [5.74, 6) is -1.53. The number of carbonyl (C=O) groups is 3. The van der Waals surface area contributed by atoms with E-state index in [9.17, 15) is 32.7 Å². The van der Waals surface area contributed by atoms with Gasteiger partial charge in [0, 0.05) is 82.0 Å². The molecule has 2 fully saturated rings. The topological polar surface area (TPSA) is 121 Å². The Morgan fingerprint density at radius 3 is 2.37 bits per heavy atom. The molecule has 2 aromatic carbocycles. The van der Waals surface area contributed by atoms with Gasteiger partial charge in [-0.25, -0.2) is 9.59 Å². The molecule has 0 bridgehead atoms. The van der Waals surface area contributed by atoms with Gasteiger partial charge >= 0.3 is 18.2 Å². The second-order valence-electron chi connectivity index (χ2n) is 12.4. The zero-order valence-corrected chi connectivity index (χ0v) is 27.4. The Labute approximate surface area is 286 Å². The molecule has 3 aliphatic rings. The molecule has 0 unspecified atom stereocenters. The number of nitrogens with one attached hydrogen (secondary N) is 2. The minimum atomic E-state index is -4.88. The fraction of sp³-hybridized carbons (Fsp3) is 0.412. The van der Waals surface area contributed by atoms with E-state index in [0.717, 1.165) is 23.0 Å². The van der Waals surface area contributed by atoms with Crippen molar-refractivity contribution in [2.75, 3.05) is 56.0 Å². The van der Waals surface area contributed by atoms with Crippen molar-refractivity contribution < 1.29 is 32.7 Å². The van der Waals surface area contributed by atoms with Crippen LogP contribution in [-0.4, -0.2) is 101 Å². The zero-order chi connectivity index (χ0) is 34.7. The van der Waals surface area contributed by atoms with Crippen LogP contribution in [0.2, 0.25) is 5.02 Å². The molecule has 4 heterocycles. The molecule has 3 N–H and O–H groups in total. The second kappa shape index (κ2) is 14.4. The zero-order valence-electron chi connectivity index (χ0n) is 26.6. The van der Waals surface area contributed by atoms with E-state index in [1.807, 2.05) is 36.4 Å². The van der Waals surface area contributed by atoms with Crippen molar-refractivity contribution in [1.82, 2.24) is 25.0 Å². The number of piperazine rings is 1. The van der Waals surface area contributed by atoms with Crippen molar-refractivity contribution in [1.29, 1.82) is 0 Å². The highest BCUT2D eigenvalue weighted by Crippen LogP contribution is 2.40. The predicted molar refractivity (Wildman–Crippen MR) is 178 cm³/mol. The second-order valence-corrected chi connectivity index (χ2v) is 12.9. The number of alkyl halides is 3. The number of benzene rings is 2. The summed E-state index contributed by atoms with van der Waals surface area (Å²) >= 11 is 5.98. The Balaban J connectivity index is 1.14. The normalized spacial score (nSPS) is 18.0. The largest absolute Gasteiger partial charge is 0.506 e.